The van der Waals surface area contributed by atoms with Crippen LogP contribution >= 0.6 is 11.3 Å². The lowest BCUT2D eigenvalue weighted by atomic mass is 10.1. The van der Waals surface area contributed by atoms with Gasteiger partial charge in [0.1, 0.15) is 18.1 Å². The molecule has 6 nitrogen and oxygen atoms in total. The molecule has 0 bridgehead atoms. The van der Waals surface area contributed by atoms with Gasteiger partial charge >= 0.3 is 0 Å². The van der Waals surface area contributed by atoms with Gasteiger partial charge in [-0.1, -0.05) is 6.07 Å². The number of carbonyl (C=O) groups is 1. The lowest BCUT2D eigenvalue weighted by Gasteiger charge is -2.27. The van der Waals surface area contributed by atoms with Gasteiger partial charge in [0.05, 0.1) is 6.54 Å². The van der Waals surface area contributed by atoms with E-state index in [1.54, 1.807) is 0 Å². The molecule has 1 saturated carbocycles. The highest BCUT2D eigenvalue weighted by Gasteiger charge is 2.28. The maximum Gasteiger partial charge on any atom is 0.274 e. The van der Waals surface area contributed by atoms with Crippen molar-refractivity contribution in [1.29, 1.82) is 0 Å². The van der Waals surface area contributed by atoms with Gasteiger partial charge < -0.3 is 9.64 Å². The SMILES string of the molecule is O=C(c1cc(C2CC2)[nH]n1)N1CCOc2ccc(CN3CCc4sccc4C3)cc2C1. The van der Waals surface area contributed by atoms with Gasteiger partial charge in [-0.15, -0.1) is 11.3 Å². The fourth-order valence-electron chi connectivity index (χ4n) is 4.63. The topological polar surface area (TPSA) is 61.5 Å². The number of hydrogen-bond donors (Lipinski definition) is 1. The van der Waals surface area contributed by atoms with Crippen LogP contribution in [0.5, 0.6) is 5.75 Å². The molecule has 1 amide bonds. The number of thiophene rings is 1. The Morgan fingerprint density at radius 1 is 1.16 bits per heavy atom. The molecule has 1 aromatic carbocycles. The number of rotatable bonds is 4. The van der Waals surface area contributed by atoms with E-state index in [0.29, 0.717) is 31.3 Å². The molecule has 0 spiro atoms. The molecule has 0 saturated heterocycles. The Balaban J connectivity index is 1.18. The van der Waals surface area contributed by atoms with Gasteiger partial charge in [-0.2, -0.15) is 5.10 Å². The lowest BCUT2D eigenvalue weighted by Crippen LogP contribution is -2.32. The highest BCUT2D eigenvalue weighted by atomic mass is 32.1. The van der Waals surface area contributed by atoms with Crippen molar-refractivity contribution in [2.45, 2.75) is 44.8 Å². The number of nitrogens with zero attached hydrogens (tertiary/aromatic N) is 3. The number of fused-ring (bicyclic) bond motifs is 2. The Labute approximate surface area is 185 Å². The van der Waals surface area contributed by atoms with Gasteiger partial charge in [-0.05, 0) is 60.0 Å². The standard InChI is InChI=1S/C24H26N4O2S/c29-24(21-12-20(25-26-21)17-2-3-17)28-8-9-30-22-4-1-16(11-19(22)15-28)13-27-7-5-23-18(14-27)6-10-31-23/h1,4,6,10-12,17H,2-3,5,7-9,13-15H2,(H,25,26). The van der Waals surface area contributed by atoms with Crippen LogP contribution in [0.2, 0.25) is 0 Å². The zero-order valence-electron chi connectivity index (χ0n) is 17.5. The molecular weight excluding hydrogens is 408 g/mol. The number of benzene rings is 1. The van der Waals surface area contributed by atoms with Crippen LogP contribution in [0.4, 0.5) is 0 Å². The van der Waals surface area contributed by atoms with Crippen molar-refractivity contribution < 1.29 is 9.53 Å². The van der Waals surface area contributed by atoms with E-state index in [4.69, 9.17) is 4.74 Å². The van der Waals surface area contributed by atoms with Gasteiger partial charge in [0.25, 0.3) is 5.91 Å². The highest BCUT2D eigenvalue weighted by molar-refractivity contribution is 7.10. The quantitative estimate of drug-likeness (QED) is 0.676. The van der Waals surface area contributed by atoms with E-state index in [9.17, 15) is 4.79 Å². The third-order valence-electron chi connectivity index (χ3n) is 6.52. The third kappa shape index (κ3) is 3.88. The molecule has 1 N–H and O–H groups in total. The van der Waals surface area contributed by atoms with Gasteiger partial charge in [-0.25, -0.2) is 0 Å². The van der Waals surface area contributed by atoms with Crippen molar-refractivity contribution in [2.24, 2.45) is 0 Å². The Bertz CT molecular complexity index is 1120. The summed E-state index contributed by atoms with van der Waals surface area (Å²) < 4.78 is 5.96. The molecule has 0 unspecified atom stereocenters. The molecule has 4 heterocycles. The minimum Gasteiger partial charge on any atom is -0.491 e. The summed E-state index contributed by atoms with van der Waals surface area (Å²) in [5, 5.41) is 9.53. The summed E-state index contributed by atoms with van der Waals surface area (Å²) in [6.45, 7) is 4.66. The van der Waals surface area contributed by atoms with Crippen LogP contribution in [-0.4, -0.2) is 45.6 Å². The number of nitrogens with one attached hydrogen (secondary N) is 1. The highest BCUT2D eigenvalue weighted by Crippen LogP contribution is 2.39. The fraction of sp³-hybridized carbons (Fsp3) is 0.417. The van der Waals surface area contributed by atoms with Crippen molar-refractivity contribution in [1.82, 2.24) is 20.0 Å². The molecule has 2 aliphatic heterocycles. The molecule has 3 aliphatic rings. The molecular formula is C24H26N4O2S. The van der Waals surface area contributed by atoms with Crippen LogP contribution in [0.3, 0.4) is 0 Å². The largest absolute Gasteiger partial charge is 0.491 e. The molecule has 0 atom stereocenters. The van der Waals surface area contributed by atoms with Crippen molar-refractivity contribution in [3.63, 3.8) is 0 Å². The van der Waals surface area contributed by atoms with Crippen LogP contribution in [-0.2, 0) is 26.1 Å². The maximum atomic E-state index is 13.1. The molecule has 31 heavy (non-hydrogen) atoms. The predicted molar refractivity (Wildman–Crippen MR) is 119 cm³/mol. The van der Waals surface area contributed by atoms with Crippen LogP contribution in [0.15, 0.2) is 35.7 Å². The monoisotopic (exact) mass is 434 g/mol. The Kier molecular flexibility index (Phi) is 4.80. The van der Waals surface area contributed by atoms with E-state index in [1.165, 1.54) is 28.8 Å². The fourth-order valence-corrected chi connectivity index (χ4v) is 5.52. The van der Waals surface area contributed by atoms with E-state index in [0.717, 1.165) is 43.1 Å². The number of carbonyl (C=O) groups excluding carboxylic acids is 1. The molecule has 1 fully saturated rings. The number of H-pyrrole nitrogens is 1. The minimum atomic E-state index is -0.0222. The van der Waals surface area contributed by atoms with Crippen LogP contribution < -0.4 is 4.74 Å². The summed E-state index contributed by atoms with van der Waals surface area (Å²) >= 11 is 1.87. The molecule has 160 valence electrons. The zero-order chi connectivity index (χ0) is 20.8. The first-order valence-electron chi connectivity index (χ1n) is 11.1. The Morgan fingerprint density at radius 2 is 2.10 bits per heavy atom. The average molecular weight is 435 g/mol. The lowest BCUT2D eigenvalue weighted by molar-refractivity contribution is 0.0727. The van der Waals surface area contributed by atoms with Crippen molar-refractivity contribution >= 4 is 17.2 Å². The van der Waals surface area contributed by atoms with Gasteiger partial charge in [-0.3, -0.25) is 14.8 Å². The number of ether oxygens (including phenoxy) is 1. The Morgan fingerprint density at radius 3 is 3.00 bits per heavy atom. The molecule has 7 heteroatoms. The summed E-state index contributed by atoms with van der Waals surface area (Å²) in [5.74, 6) is 1.43. The molecule has 0 radical (unpaired) electrons. The minimum absolute atomic E-state index is 0.0222. The third-order valence-corrected chi connectivity index (χ3v) is 7.54. The van der Waals surface area contributed by atoms with E-state index in [2.05, 4.69) is 44.7 Å². The van der Waals surface area contributed by atoms with Gasteiger partial charge in [0.15, 0.2) is 0 Å². The van der Waals surface area contributed by atoms with E-state index < -0.39 is 0 Å². The summed E-state index contributed by atoms with van der Waals surface area (Å²) in [4.78, 5) is 19.0. The molecule has 3 aromatic rings. The second-order valence-corrected chi connectivity index (χ2v) is 9.83. The van der Waals surface area contributed by atoms with Gasteiger partial charge in [0, 0.05) is 48.2 Å². The first kappa shape index (κ1) is 19.1. The van der Waals surface area contributed by atoms with Crippen LogP contribution in [0.1, 0.15) is 56.5 Å². The number of aromatic amines is 1. The van der Waals surface area contributed by atoms with E-state index in [-0.39, 0.29) is 5.91 Å². The first-order valence-corrected chi connectivity index (χ1v) is 12.0. The first-order chi connectivity index (χ1) is 15.2. The van der Waals surface area contributed by atoms with Crippen LogP contribution in [0, 0.1) is 0 Å². The van der Waals surface area contributed by atoms with E-state index >= 15 is 0 Å². The second-order valence-electron chi connectivity index (χ2n) is 8.83. The summed E-state index contributed by atoms with van der Waals surface area (Å²) in [5.41, 5.74) is 5.42. The normalized spacial score (nSPS) is 18.8. The molecule has 1 aliphatic carbocycles. The van der Waals surface area contributed by atoms with Crippen molar-refractivity contribution in [3.05, 3.63) is 68.7 Å². The van der Waals surface area contributed by atoms with Crippen molar-refractivity contribution in [2.75, 3.05) is 19.7 Å². The van der Waals surface area contributed by atoms with Gasteiger partial charge in [0.2, 0.25) is 0 Å². The number of aromatic nitrogens is 2. The molecule has 6 rings (SSSR count). The maximum absolute atomic E-state index is 13.1. The van der Waals surface area contributed by atoms with Crippen LogP contribution in [0.25, 0.3) is 0 Å². The molecule has 2 aromatic heterocycles. The van der Waals surface area contributed by atoms with E-state index in [1.807, 2.05) is 22.3 Å². The summed E-state index contributed by atoms with van der Waals surface area (Å²) in [7, 11) is 0. The summed E-state index contributed by atoms with van der Waals surface area (Å²) in [6, 6.07) is 10.6. The Hall–Kier alpha value is -2.64. The summed E-state index contributed by atoms with van der Waals surface area (Å²) in [6.07, 6.45) is 3.51. The predicted octanol–water partition coefficient (Wildman–Crippen LogP) is 3.94. The number of amides is 1. The number of hydrogen-bond acceptors (Lipinski definition) is 5. The second kappa shape index (κ2) is 7.80. The van der Waals surface area contributed by atoms with Crippen molar-refractivity contribution in [3.8, 4) is 5.75 Å². The zero-order valence-corrected chi connectivity index (χ0v) is 18.3. The smallest absolute Gasteiger partial charge is 0.274 e. The average Bonchev–Trinajstić information content (AvgIpc) is 3.39.